The number of hydrogen-bond donors (Lipinski definition) is 2. The van der Waals surface area contributed by atoms with Gasteiger partial charge in [-0.25, -0.2) is 5.84 Å². The zero-order valence-corrected chi connectivity index (χ0v) is 8.25. The Balaban J connectivity index is 2.28. The lowest BCUT2D eigenvalue weighted by Crippen LogP contribution is -2.41. The van der Waals surface area contributed by atoms with E-state index in [2.05, 4.69) is 17.2 Å². The number of nitrogens with two attached hydrogens (primary N) is 1. The first-order valence-corrected chi connectivity index (χ1v) is 4.97. The largest absolute Gasteiger partial charge is 0.300 e. The summed E-state index contributed by atoms with van der Waals surface area (Å²) in [5, 5.41) is 0. The Bertz CT molecular complexity index is 166. The first kappa shape index (κ1) is 10.5. The van der Waals surface area contributed by atoms with Crippen LogP contribution in [0.15, 0.2) is 0 Å². The van der Waals surface area contributed by atoms with Gasteiger partial charge in [-0.15, -0.1) is 0 Å². The highest BCUT2D eigenvalue weighted by Gasteiger charge is 2.18. The average Bonchev–Trinajstić information content (AvgIpc) is 2.19. The van der Waals surface area contributed by atoms with Gasteiger partial charge in [0, 0.05) is 12.5 Å². The molecule has 13 heavy (non-hydrogen) atoms. The van der Waals surface area contributed by atoms with Crippen molar-refractivity contribution in [3.05, 3.63) is 0 Å². The molecule has 0 aromatic rings. The second-order valence-electron chi connectivity index (χ2n) is 3.72. The maximum absolute atomic E-state index is 11.0. The Morgan fingerprint density at radius 2 is 2.08 bits per heavy atom. The third kappa shape index (κ3) is 3.32. The molecule has 0 aromatic carbocycles. The number of likely N-dealkylation sites (tertiary alicyclic amines) is 1. The highest BCUT2D eigenvalue weighted by atomic mass is 16.2. The summed E-state index contributed by atoms with van der Waals surface area (Å²) >= 11 is 0. The van der Waals surface area contributed by atoms with Crippen molar-refractivity contribution in [2.24, 2.45) is 5.84 Å². The zero-order chi connectivity index (χ0) is 9.68. The molecule has 1 atom stereocenters. The second-order valence-corrected chi connectivity index (χ2v) is 3.72. The lowest BCUT2D eigenvalue weighted by atomic mass is 10.1. The van der Waals surface area contributed by atoms with E-state index in [1.54, 1.807) is 0 Å². The molecule has 1 amide bonds. The maximum atomic E-state index is 11.0. The number of hydrazine groups is 1. The fraction of sp³-hybridized carbons (Fsp3) is 0.889. The fourth-order valence-electron chi connectivity index (χ4n) is 1.82. The number of carbonyl (C=O) groups excluding carboxylic acids is 1. The van der Waals surface area contributed by atoms with Crippen molar-refractivity contribution < 1.29 is 4.79 Å². The van der Waals surface area contributed by atoms with Gasteiger partial charge in [-0.05, 0) is 32.9 Å². The second kappa shape index (κ2) is 5.19. The summed E-state index contributed by atoms with van der Waals surface area (Å²) in [5.41, 5.74) is 2.17. The minimum atomic E-state index is -0.0712. The molecule has 1 unspecified atom stereocenters. The van der Waals surface area contributed by atoms with Gasteiger partial charge in [0.25, 0.3) is 0 Å². The highest BCUT2D eigenvalue weighted by Crippen LogP contribution is 2.13. The standard InChI is InChI=1S/C9H19N3O/c1-8(7-9(13)11-10)12-5-3-2-4-6-12/h8H,2-7,10H2,1H3,(H,11,13). The fourth-order valence-corrected chi connectivity index (χ4v) is 1.82. The van der Waals surface area contributed by atoms with Gasteiger partial charge < -0.3 is 4.90 Å². The van der Waals surface area contributed by atoms with Gasteiger partial charge in [0.05, 0.1) is 0 Å². The molecule has 0 radical (unpaired) electrons. The van der Waals surface area contributed by atoms with Crippen LogP contribution in [0.3, 0.4) is 0 Å². The summed E-state index contributed by atoms with van der Waals surface area (Å²) in [6.45, 7) is 4.33. The monoisotopic (exact) mass is 185 g/mol. The molecule has 1 aliphatic heterocycles. The molecule has 1 aliphatic rings. The normalized spacial score (nSPS) is 21.1. The van der Waals surface area contributed by atoms with E-state index in [9.17, 15) is 4.79 Å². The van der Waals surface area contributed by atoms with E-state index in [0.29, 0.717) is 12.5 Å². The van der Waals surface area contributed by atoms with Crippen LogP contribution in [0.2, 0.25) is 0 Å². The van der Waals surface area contributed by atoms with Crippen molar-refractivity contribution in [2.45, 2.75) is 38.6 Å². The molecule has 0 saturated carbocycles. The molecule has 76 valence electrons. The Kier molecular flexibility index (Phi) is 4.18. The van der Waals surface area contributed by atoms with Crippen molar-refractivity contribution in [3.63, 3.8) is 0 Å². The number of hydrogen-bond acceptors (Lipinski definition) is 3. The lowest BCUT2D eigenvalue weighted by molar-refractivity contribution is -0.122. The van der Waals surface area contributed by atoms with Crippen LogP contribution in [0.4, 0.5) is 0 Å². The van der Waals surface area contributed by atoms with E-state index in [1.807, 2.05) is 0 Å². The molecule has 0 spiro atoms. The first-order chi connectivity index (χ1) is 6.24. The minimum absolute atomic E-state index is 0.0712. The summed E-state index contributed by atoms with van der Waals surface area (Å²) in [6.07, 6.45) is 4.35. The van der Waals surface area contributed by atoms with Gasteiger partial charge in [-0.3, -0.25) is 10.2 Å². The summed E-state index contributed by atoms with van der Waals surface area (Å²) < 4.78 is 0. The molecular weight excluding hydrogens is 166 g/mol. The third-order valence-electron chi connectivity index (χ3n) is 2.66. The third-order valence-corrected chi connectivity index (χ3v) is 2.66. The summed E-state index contributed by atoms with van der Waals surface area (Å²) in [5.74, 6) is 4.96. The van der Waals surface area contributed by atoms with Crippen LogP contribution in [-0.4, -0.2) is 29.9 Å². The van der Waals surface area contributed by atoms with Crippen LogP contribution in [0, 0.1) is 0 Å². The zero-order valence-electron chi connectivity index (χ0n) is 8.25. The van der Waals surface area contributed by atoms with Gasteiger partial charge in [0.15, 0.2) is 0 Å². The first-order valence-electron chi connectivity index (χ1n) is 4.97. The van der Waals surface area contributed by atoms with Crippen molar-refractivity contribution in [2.75, 3.05) is 13.1 Å². The Morgan fingerprint density at radius 3 is 2.62 bits per heavy atom. The summed E-state index contributed by atoms with van der Waals surface area (Å²) in [4.78, 5) is 13.4. The summed E-state index contributed by atoms with van der Waals surface area (Å²) in [7, 11) is 0. The summed E-state index contributed by atoms with van der Waals surface area (Å²) in [6, 6.07) is 0.323. The van der Waals surface area contributed by atoms with Gasteiger partial charge in [-0.1, -0.05) is 6.42 Å². The van der Waals surface area contributed by atoms with Crippen LogP contribution in [-0.2, 0) is 4.79 Å². The predicted molar refractivity (Wildman–Crippen MR) is 51.8 cm³/mol. The van der Waals surface area contributed by atoms with E-state index in [1.165, 1.54) is 19.3 Å². The molecule has 0 aromatic heterocycles. The molecule has 1 fully saturated rings. The van der Waals surface area contributed by atoms with Gasteiger partial charge in [0.1, 0.15) is 0 Å². The number of carbonyl (C=O) groups is 1. The molecule has 0 bridgehead atoms. The predicted octanol–water partition coefficient (Wildman–Crippen LogP) is 0.241. The maximum Gasteiger partial charge on any atom is 0.235 e. The molecule has 4 heteroatoms. The van der Waals surface area contributed by atoms with Crippen molar-refractivity contribution >= 4 is 5.91 Å². The number of rotatable bonds is 3. The van der Waals surface area contributed by atoms with Crippen molar-refractivity contribution in [1.29, 1.82) is 0 Å². The number of amides is 1. The van der Waals surface area contributed by atoms with Crippen LogP contribution < -0.4 is 11.3 Å². The van der Waals surface area contributed by atoms with E-state index >= 15 is 0 Å². The smallest absolute Gasteiger partial charge is 0.235 e. The molecule has 0 aliphatic carbocycles. The van der Waals surface area contributed by atoms with Gasteiger partial charge in [-0.2, -0.15) is 0 Å². The number of piperidine rings is 1. The molecule has 4 nitrogen and oxygen atoms in total. The quantitative estimate of drug-likeness (QED) is 0.376. The average molecular weight is 185 g/mol. The Hall–Kier alpha value is -0.610. The van der Waals surface area contributed by atoms with Crippen LogP contribution in [0.1, 0.15) is 32.6 Å². The highest BCUT2D eigenvalue weighted by molar-refractivity contribution is 5.75. The van der Waals surface area contributed by atoms with Crippen LogP contribution in [0.25, 0.3) is 0 Å². The topological polar surface area (TPSA) is 58.4 Å². The van der Waals surface area contributed by atoms with Crippen LogP contribution >= 0.6 is 0 Å². The molecule has 1 heterocycles. The van der Waals surface area contributed by atoms with E-state index in [4.69, 9.17) is 5.84 Å². The van der Waals surface area contributed by atoms with Crippen molar-refractivity contribution in [1.82, 2.24) is 10.3 Å². The van der Waals surface area contributed by atoms with Gasteiger partial charge >= 0.3 is 0 Å². The molecular formula is C9H19N3O. The number of nitrogens with zero attached hydrogens (tertiary/aromatic N) is 1. The van der Waals surface area contributed by atoms with Crippen LogP contribution in [0.5, 0.6) is 0 Å². The molecule has 1 rings (SSSR count). The SMILES string of the molecule is CC(CC(=O)NN)N1CCCCC1. The Labute approximate surface area is 79.4 Å². The molecule has 3 N–H and O–H groups in total. The number of nitrogens with one attached hydrogen (secondary N) is 1. The van der Waals surface area contributed by atoms with E-state index in [-0.39, 0.29) is 5.91 Å². The van der Waals surface area contributed by atoms with Gasteiger partial charge in [0.2, 0.25) is 5.91 Å². The molecule has 1 saturated heterocycles. The Morgan fingerprint density at radius 1 is 1.46 bits per heavy atom. The lowest BCUT2D eigenvalue weighted by Gasteiger charge is -2.31. The van der Waals surface area contributed by atoms with E-state index in [0.717, 1.165) is 13.1 Å². The van der Waals surface area contributed by atoms with E-state index < -0.39 is 0 Å². The minimum Gasteiger partial charge on any atom is -0.300 e. The van der Waals surface area contributed by atoms with Crippen molar-refractivity contribution in [3.8, 4) is 0 Å².